The summed E-state index contributed by atoms with van der Waals surface area (Å²) in [6.45, 7) is 8.87. The first-order valence-corrected chi connectivity index (χ1v) is 12.9. The Morgan fingerprint density at radius 1 is 0.974 bits per heavy atom. The molecule has 4 aromatic rings. The molecule has 0 saturated carbocycles. The largest absolute Gasteiger partial charge is 0.444 e. The number of para-hydroxylation sites is 2. The molecule has 1 fully saturated rings. The molecule has 202 valence electrons. The van der Waals surface area contributed by atoms with Crippen molar-refractivity contribution in [3.63, 3.8) is 0 Å². The maximum atomic E-state index is 13.3. The number of anilines is 1. The van der Waals surface area contributed by atoms with E-state index in [1.165, 1.54) is 24.3 Å². The zero-order valence-electron chi connectivity index (χ0n) is 22.2. The summed E-state index contributed by atoms with van der Waals surface area (Å²) in [7, 11) is 0. The van der Waals surface area contributed by atoms with Crippen molar-refractivity contribution in [1.82, 2.24) is 14.8 Å². The van der Waals surface area contributed by atoms with Crippen LogP contribution in [0.4, 0.5) is 14.9 Å². The van der Waals surface area contributed by atoms with Gasteiger partial charge in [-0.3, -0.25) is 9.69 Å². The minimum Gasteiger partial charge on any atom is -0.444 e. The number of halogens is 1. The molecule has 0 aliphatic carbocycles. The van der Waals surface area contributed by atoms with Crippen LogP contribution in [-0.2, 0) is 11.3 Å². The Labute approximate surface area is 226 Å². The molecular formula is C30H31FN4O4. The monoisotopic (exact) mass is 530 g/mol. The van der Waals surface area contributed by atoms with Crippen molar-refractivity contribution in [3.05, 3.63) is 83.7 Å². The summed E-state index contributed by atoms with van der Waals surface area (Å²) >= 11 is 0. The number of carbonyl (C=O) groups excluding carboxylic acids is 2. The summed E-state index contributed by atoms with van der Waals surface area (Å²) in [5.74, 6) is -0.369. The van der Waals surface area contributed by atoms with E-state index in [4.69, 9.17) is 14.1 Å². The lowest BCUT2D eigenvalue weighted by Gasteiger charge is -2.35. The van der Waals surface area contributed by atoms with Gasteiger partial charge >= 0.3 is 6.09 Å². The van der Waals surface area contributed by atoms with Crippen molar-refractivity contribution in [2.75, 3.05) is 31.5 Å². The SMILES string of the molecule is CC(C)(C)OC(=O)N1CCN(Cc2cccc3nc(-c4ccccc4NC(=O)c4ccc(F)cc4)oc23)CC1. The van der Waals surface area contributed by atoms with Gasteiger partial charge in [-0.25, -0.2) is 14.2 Å². The first-order valence-electron chi connectivity index (χ1n) is 12.9. The number of carbonyl (C=O) groups is 2. The smallest absolute Gasteiger partial charge is 0.410 e. The Hall–Kier alpha value is -4.24. The number of ether oxygens (including phenoxy) is 1. The van der Waals surface area contributed by atoms with Gasteiger partial charge in [0.1, 0.15) is 16.9 Å². The summed E-state index contributed by atoms with van der Waals surface area (Å²) in [6, 6.07) is 18.5. The predicted molar refractivity (Wildman–Crippen MR) is 147 cm³/mol. The van der Waals surface area contributed by atoms with Crippen LogP contribution in [0.1, 0.15) is 36.7 Å². The number of rotatable bonds is 5. The van der Waals surface area contributed by atoms with Crippen LogP contribution >= 0.6 is 0 Å². The molecule has 39 heavy (non-hydrogen) atoms. The van der Waals surface area contributed by atoms with Gasteiger partial charge in [0.25, 0.3) is 5.91 Å². The molecule has 1 aliphatic rings. The molecule has 2 heterocycles. The average Bonchev–Trinajstić information content (AvgIpc) is 3.34. The molecule has 1 aliphatic heterocycles. The van der Waals surface area contributed by atoms with Crippen LogP contribution in [0, 0.1) is 5.82 Å². The molecule has 0 spiro atoms. The van der Waals surface area contributed by atoms with Crippen molar-refractivity contribution in [2.24, 2.45) is 0 Å². The van der Waals surface area contributed by atoms with Gasteiger partial charge in [0.2, 0.25) is 5.89 Å². The van der Waals surface area contributed by atoms with Crippen molar-refractivity contribution < 1.29 is 23.1 Å². The number of nitrogens with zero attached hydrogens (tertiary/aromatic N) is 3. The summed E-state index contributed by atoms with van der Waals surface area (Å²) in [6.07, 6.45) is -0.283. The molecule has 2 amide bonds. The predicted octanol–water partition coefficient (Wildman–Crippen LogP) is 5.94. The van der Waals surface area contributed by atoms with Gasteiger partial charge in [-0.2, -0.15) is 0 Å². The quantitative estimate of drug-likeness (QED) is 0.344. The van der Waals surface area contributed by atoms with E-state index >= 15 is 0 Å². The Balaban J connectivity index is 1.31. The molecule has 1 aromatic heterocycles. The maximum absolute atomic E-state index is 13.3. The van der Waals surface area contributed by atoms with Gasteiger partial charge in [0.05, 0.1) is 11.3 Å². The van der Waals surface area contributed by atoms with Gasteiger partial charge in [0.15, 0.2) is 5.58 Å². The highest BCUT2D eigenvalue weighted by Gasteiger charge is 2.26. The van der Waals surface area contributed by atoms with Crippen molar-refractivity contribution >= 4 is 28.8 Å². The molecule has 5 rings (SSSR count). The standard InChI is InChI=1S/C30H31FN4O4/c1-30(2,3)39-29(37)35-17-15-34(16-18-35)19-21-7-6-10-25-26(21)38-28(33-25)23-8-4-5-9-24(23)32-27(36)20-11-13-22(31)14-12-20/h4-14H,15-19H2,1-3H3,(H,32,36). The van der Waals surface area contributed by atoms with Gasteiger partial charge in [0, 0.05) is 43.9 Å². The molecule has 0 bridgehead atoms. The minimum absolute atomic E-state index is 0.283. The summed E-state index contributed by atoms with van der Waals surface area (Å²) in [5, 5.41) is 2.88. The number of hydrogen-bond donors (Lipinski definition) is 1. The first-order chi connectivity index (χ1) is 18.7. The number of oxazole rings is 1. The summed E-state index contributed by atoms with van der Waals surface area (Å²) in [4.78, 5) is 33.9. The zero-order valence-corrected chi connectivity index (χ0v) is 22.2. The summed E-state index contributed by atoms with van der Waals surface area (Å²) < 4.78 is 25.0. The lowest BCUT2D eigenvalue weighted by Crippen LogP contribution is -2.49. The van der Waals surface area contributed by atoms with Gasteiger partial charge < -0.3 is 19.4 Å². The second kappa shape index (κ2) is 10.9. The zero-order chi connectivity index (χ0) is 27.6. The third-order valence-corrected chi connectivity index (χ3v) is 6.43. The van der Waals surface area contributed by atoms with Gasteiger partial charge in [-0.1, -0.05) is 24.3 Å². The van der Waals surface area contributed by atoms with Crippen LogP contribution in [0.2, 0.25) is 0 Å². The van der Waals surface area contributed by atoms with Crippen molar-refractivity contribution in [1.29, 1.82) is 0 Å². The van der Waals surface area contributed by atoms with Crippen molar-refractivity contribution in [3.8, 4) is 11.5 Å². The van der Waals surface area contributed by atoms with Crippen LogP contribution in [0.25, 0.3) is 22.6 Å². The average molecular weight is 531 g/mol. The van der Waals surface area contributed by atoms with Crippen LogP contribution < -0.4 is 5.32 Å². The fourth-order valence-corrected chi connectivity index (χ4v) is 4.48. The molecule has 9 heteroatoms. The number of nitrogens with one attached hydrogen (secondary N) is 1. The van der Waals surface area contributed by atoms with Gasteiger partial charge in [-0.15, -0.1) is 0 Å². The van der Waals surface area contributed by atoms with E-state index in [-0.39, 0.29) is 12.0 Å². The van der Waals surface area contributed by atoms with Crippen LogP contribution in [0.3, 0.4) is 0 Å². The highest BCUT2D eigenvalue weighted by atomic mass is 19.1. The van der Waals surface area contributed by atoms with E-state index in [0.717, 1.165) is 24.2 Å². The first kappa shape index (κ1) is 26.4. The highest BCUT2D eigenvalue weighted by molar-refractivity contribution is 6.06. The Morgan fingerprint density at radius 2 is 1.69 bits per heavy atom. The normalized spacial score (nSPS) is 14.4. The Morgan fingerprint density at radius 3 is 2.41 bits per heavy atom. The molecule has 0 radical (unpaired) electrons. The van der Waals surface area contributed by atoms with E-state index in [1.54, 1.807) is 11.0 Å². The van der Waals surface area contributed by atoms with E-state index < -0.39 is 11.4 Å². The second-order valence-corrected chi connectivity index (χ2v) is 10.5. The molecular weight excluding hydrogens is 499 g/mol. The van der Waals surface area contributed by atoms with E-state index in [0.29, 0.717) is 47.9 Å². The Bertz CT molecular complexity index is 1490. The molecule has 3 aromatic carbocycles. The van der Waals surface area contributed by atoms with Crippen LogP contribution in [0.15, 0.2) is 71.1 Å². The Kier molecular flexibility index (Phi) is 7.34. The third kappa shape index (κ3) is 6.26. The number of aromatic nitrogens is 1. The lowest BCUT2D eigenvalue weighted by molar-refractivity contribution is 0.0139. The number of piperazine rings is 1. The van der Waals surface area contributed by atoms with Crippen LogP contribution in [-0.4, -0.2) is 58.6 Å². The number of benzene rings is 3. The third-order valence-electron chi connectivity index (χ3n) is 6.43. The molecule has 1 saturated heterocycles. The number of fused-ring (bicyclic) bond motifs is 1. The lowest BCUT2D eigenvalue weighted by atomic mass is 10.1. The van der Waals surface area contributed by atoms with Gasteiger partial charge in [-0.05, 0) is 63.2 Å². The van der Waals surface area contributed by atoms with E-state index in [1.807, 2.05) is 57.2 Å². The number of hydrogen-bond acceptors (Lipinski definition) is 6. The molecule has 1 N–H and O–H groups in total. The minimum atomic E-state index is -0.518. The summed E-state index contributed by atoms with van der Waals surface area (Å²) in [5.41, 5.74) is 3.40. The second-order valence-electron chi connectivity index (χ2n) is 10.5. The number of amides is 2. The fourth-order valence-electron chi connectivity index (χ4n) is 4.48. The van der Waals surface area contributed by atoms with Crippen molar-refractivity contribution in [2.45, 2.75) is 32.9 Å². The maximum Gasteiger partial charge on any atom is 0.410 e. The van der Waals surface area contributed by atoms with Crippen LogP contribution in [0.5, 0.6) is 0 Å². The molecule has 8 nitrogen and oxygen atoms in total. The topological polar surface area (TPSA) is 87.9 Å². The fraction of sp³-hybridized carbons (Fsp3) is 0.300. The highest BCUT2D eigenvalue weighted by Crippen LogP contribution is 2.32. The van der Waals surface area contributed by atoms with E-state index in [9.17, 15) is 14.0 Å². The molecule has 0 unspecified atom stereocenters. The van der Waals surface area contributed by atoms with E-state index in [2.05, 4.69) is 10.2 Å². The molecule has 0 atom stereocenters.